The summed E-state index contributed by atoms with van der Waals surface area (Å²) in [6.07, 6.45) is 7.03. The molecule has 1 fully saturated rings. The number of pyridine rings is 1. The highest BCUT2D eigenvalue weighted by Crippen LogP contribution is 2.35. The van der Waals surface area contributed by atoms with Crippen LogP contribution in [0.25, 0.3) is 22.0 Å². The number of fused-ring (bicyclic) bond motifs is 1. The van der Waals surface area contributed by atoms with Gasteiger partial charge in [0.15, 0.2) is 0 Å². The molecule has 3 heterocycles. The summed E-state index contributed by atoms with van der Waals surface area (Å²) >= 11 is 0. The Morgan fingerprint density at radius 2 is 1.76 bits per heavy atom. The molecule has 2 aromatic heterocycles. The topological polar surface area (TPSA) is 80.3 Å². The molecular formula is C33H37FN4O3. The molecular weight excluding hydrogens is 519 g/mol. The quantitative estimate of drug-likeness (QED) is 0.156. The number of benzene rings is 2. The minimum atomic E-state index is -0.440. The molecule has 41 heavy (non-hydrogen) atoms. The van der Waals surface area contributed by atoms with Crippen molar-refractivity contribution >= 4 is 28.0 Å². The molecule has 1 amide bonds. The van der Waals surface area contributed by atoms with Crippen LogP contribution in [0, 0.1) is 5.95 Å². The predicted molar refractivity (Wildman–Crippen MR) is 159 cm³/mol. The zero-order chi connectivity index (χ0) is 28.4. The summed E-state index contributed by atoms with van der Waals surface area (Å²) in [5.41, 5.74) is 5.70. The van der Waals surface area contributed by atoms with Crippen LogP contribution in [0.15, 0.2) is 66.9 Å². The van der Waals surface area contributed by atoms with Gasteiger partial charge in [-0.1, -0.05) is 56.2 Å². The summed E-state index contributed by atoms with van der Waals surface area (Å²) in [5.74, 6) is 0.366. The van der Waals surface area contributed by atoms with E-state index in [1.54, 1.807) is 0 Å². The number of hydrogen-bond acceptors (Lipinski definition) is 5. The van der Waals surface area contributed by atoms with E-state index in [1.807, 2.05) is 59.6 Å². The highest BCUT2D eigenvalue weighted by molar-refractivity contribution is 6.00. The first-order valence-electron chi connectivity index (χ1n) is 14.5. The molecule has 0 atom stereocenters. The maximum Gasteiger partial charge on any atom is 0.222 e. The van der Waals surface area contributed by atoms with Crippen molar-refractivity contribution < 1.29 is 18.7 Å². The number of nitrogens with one attached hydrogen (secondary N) is 1. The maximum atomic E-state index is 14.4. The van der Waals surface area contributed by atoms with Crippen LogP contribution < -0.4 is 4.74 Å². The first-order chi connectivity index (χ1) is 20.1. The fraction of sp³-hybridized carbons (Fsp3) is 0.364. The van der Waals surface area contributed by atoms with Gasteiger partial charge in [0, 0.05) is 37.3 Å². The van der Waals surface area contributed by atoms with Crippen LogP contribution in [0.3, 0.4) is 0 Å². The van der Waals surface area contributed by atoms with E-state index in [2.05, 4.69) is 34.2 Å². The second-order valence-corrected chi connectivity index (χ2v) is 10.2. The van der Waals surface area contributed by atoms with Crippen LogP contribution >= 0.6 is 0 Å². The van der Waals surface area contributed by atoms with Gasteiger partial charge in [0.25, 0.3) is 0 Å². The van der Waals surface area contributed by atoms with Crippen molar-refractivity contribution in [2.75, 3.05) is 32.9 Å². The number of unbranched alkanes of at least 4 members (excludes halogenated alkanes) is 3. The van der Waals surface area contributed by atoms with E-state index in [0.29, 0.717) is 56.1 Å². The summed E-state index contributed by atoms with van der Waals surface area (Å²) in [5, 5.41) is 6.94. The molecule has 1 saturated heterocycles. The van der Waals surface area contributed by atoms with E-state index in [1.165, 1.54) is 0 Å². The van der Waals surface area contributed by atoms with Crippen LogP contribution in [0.4, 0.5) is 4.39 Å². The third-order valence-corrected chi connectivity index (χ3v) is 7.50. The molecule has 0 unspecified atom stereocenters. The zero-order valence-electron chi connectivity index (χ0n) is 23.6. The minimum absolute atomic E-state index is 0.232. The van der Waals surface area contributed by atoms with Gasteiger partial charge in [-0.3, -0.25) is 9.89 Å². The van der Waals surface area contributed by atoms with Crippen molar-refractivity contribution in [2.45, 2.75) is 45.4 Å². The number of morpholine rings is 1. The number of nitrogens with zero attached hydrogens (tertiary/aromatic N) is 3. The van der Waals surface area contributed by atoms with Crippen LogP contribution in [0.1, 0.15) is 62.1 Å². The third kappa shape index (κ3) is 7.19. The van der Waals surface area contributed by atoms with Crippen LogP contribution in [0.5, 0.6) is 5.88 Å². The van der Waals surface area contributed by atoms with E-state index in [4.69, 9.17) is 9.47 Å². The van der Waals surface area contributed by atoms with Gasteiger partial charge in [0.2, 0.25) is 17.7 Å². The highest BCUT2D eigenvalue weighted by Gasteiger charge is 2.17. The van der Waals surface area contributed by atoms with E-state index in [9.17, 15) is 9.18 Å². The first-order valence-corrected chi connectivity index (χ1v) is 14.5. The Hall–Kier alpha value is -4.04. The van der Waals surface area contributed by atoms with Gasteiger partial charge in [-0.25, -0.2) is 4.98 Å². The van der Waals surface area contributed by atoms with Gasteiger partial charge in [-0.2, -0.15) is 9.49 Å². The van der Waals surface area contributed by atoms with Crippen molar-refractivity contribution in [1.82, 2.24) is 20.1 Å². The summed E-state index contributed by atoms with van der Waals surface area (Å²) in [4.78, 5) is 18.8. The normalized spacial score (nSPS) is 14.2. The maximum absolute atomic E-state index is 14.4. The molecule has 4 aromatic rings. The number of carbonyl (C=O) groups excluding carboxylic acids is 1. The van der Waals surface area contributed by atoms with Crippen LogP contribution in [0.2, 0.25) is 0 Å². The molecule has 1 aliphatic heterocycles. The van der Waals surface area contributed by atoms with E-state index in [-0.39, 0.29) is 5.91 Å². The highest BCUT2D eigenvalue weighted by atomic mass is 19.1. The molecule has 7 nitrogen and oxygen atoms in total. The smallest absolute Gasteiger partial charge is 0.222 e. The third-order valence-electron chi connectivity index (χ3n) is 7.50. The summed E-state index contributed by atoms with van der Waals surface area (Å²) in [6.45, 7) is 5.41. The van der Waals surface area contributed by atoms with E-state index >= 15 is 0 Å². The number of ether oxygens (including phenoxy) is 2. The van der Waals surface area contributed by atoms with Gasteiger partial charge in [0.05, 0.1) is 30.7 Å². The molecule has 1 aliphatic rings. The number of carbonyl (C=O) groups is 1. The minimum Gasteiger partial charge on any atom is -0.478 e. The number of amides is 1. The van der Waals surface area contributed by atoms with Crippen molar-refractivity contribution in [2.24, 2.45) is 0 Å². The average Bonchev–Trinajstić information content (AvgIpc) is 3.40. The molecule has 0 bridgehead atoms. The lowest BCUT2D eigenvalue weighted by Crippen LogP contribution is -2.40. The molecule has 0 radical (unpaired) electrons. The summed E-state index contributed by atoms with van der Waals surface area (Å²) in [6, 6.07) is 19.8. The number of rotatable bonds is 12. The number of halogens is 1. The Bertz CT molecular complexity index is 1460. The van der Waals surface area contributed by atoms with Crippen LogP contribution in [-0.4, -0.2) is 58.9 Å². The van der Waals surface area contributed by atoms with Gasteiger partial charge in [-0.05, 0) is 59.7 Å². The lowest BCUT2D eigenvalue weighted by Gasteiger charge is -2.26. The molecule has 8 heteroatoms. The Morgan fingerprint density at radius 3 is 2.51 bits per heavy atom. The Morgan fingerprint density at radius 1 is 0.976 bits per heavy atom. The fourth-order valence-corrected chi connectivity index (χ4v) is 5.31. The van der Waals surface area contributed by atoms with Gasteiger partial charge in [0.1, 0.15) is 0 Å². The van der Waals surface area contributed by atoms with Gasteiger partial charge >= 0.3 is 0 Å². The molecule has 2 aromatic carbocycles. The summed E-state index contributed by atoms with van der Waals surface area (Å²) < 4.78 is 25.6. The van der Waals surface area contributed by atoms with Crippen molar-refractivity contribution in [3.8, 4) is 5.88 Å². The lowest BCUT2D eigenvalue weighted by molar-refractivity contribution is -0.135. The standard InChI is InChI=1S/C33H37FN4O3/c1-2-27(24-10-6-5-7-11-24)32(25-13-15-29-28(22-25)33(34)37-36-29)26-14-16-30(35-23-26)41-19-9-4-3-8-12-31(39)38-17-20-40-21-18-38/h5-7,10-11,13-16,22-23H,2-4,8-9,12,17-21H2,1H3,(H,36,37)/b32-27-. The van der Waals surface area contributed by atoms with Gasteiger partial charge < -0.3 is 14.4 Å². The zero-order valence-corrected chi connectivity index (χ0v) is 23.6. The molecule has 0 saturated carbocycles. The molecule has 0 spiro atoms. The van der Waals surface area contributed by atoms with Crippen LogP contribution in [-0.2, 0) is 9.53 Å². The van der Waals surface area contributed by atoms with Crippen molar-refractivity contribution in [3.05, 3.63) is 89.5 Å². The SMILES string of the molecule is CC/C(=C(/c1ccc(OCCCCCCC(=O)N2CCOCC2)nc1)c1ccc2n[nH]c(F)c2c1)c1ccccc1. The predicted octanol–water partition coefficient (Wildman–Crippen LogP) is 6.65. The fourth-order valence-electron chi connectivity index (χ4n) is 5.31. The van der Waals surface area contributed by atoms with Gasteiger partial charge in [-0.15, -0.1) is 0 Å². The second kappa shape index (κ2) is 14.0. The Balaban J connectivity index is 1.22. The number of H-pyrrole nitrogens is 1. The first kappa shape index (κ1) is 28.5. The van der Waals surface area contributed by atoms with Crippen molar-refractivity contribution in [1.29, 1.82) is 0 Å². The second-order valence-electron chi connectivity index (χ2n) is 10.2. The largest absolute Gasteiger partial charge is 0.478 e. The molecule has 214 valence electrons. The summed E-state index contributed by atoms with van der Waals surface area (Å²) in [7, 11) is 0. The molecule has 5 rings (SSSR count). The van der Waals surface area contributed by atoms with E-state index in [0.717, 1.165) is 59.9 Å². The van der Waals surface area contributed by atoms with E-state index < -0.39 is 5.95 Å². The Labute approximate surface area is 240 Å². The number of allylic oxidation sites excluding steroid dienone is 1. The average molecular weight is 557 g/mol. The number of aromatic nitrogens is 3. The molecule has 0 aliphatic carbocycles. The Kier molecular flexibility index (Phi) is 9.75. The monoisotopic (exact) mass is 556 g/mol. The lowest BCUT2D eigenvalue weighted by atomic mass is 9.88. The number of hydrogen-bond donors (Lipinski definition) is 1. The molecule has 1 N–H and O–H groups in total. The number of aromatic amines is 1. The van der Waals surface area contributed by atoms with Crippen molar-refractivity contribution in [3.63, 3.8) is 0 Å².